The summed E-state index contributed by atoms with van der Waals surface area (Å²) in [5.74, 6) is -0.147. The van der Waals surface area contributed by atoms with E-state index in [1.807, 2.05) is 13.8 Å². The van der Waals surface area contributed by atoms with Crippen LogP contribution in [-0.2, 0) is 4.79 Å². The Balaban J connectivity index is 3.99. The van der Waals surface area contributed by atoms with Gasteiger partial charge in [-0.2, -0.15) is 5.26 Å². The molecule has 0 spiro atoms. The molecule has 0 aliphatic heterocycles. The Bertz CT molecular complexity index is 257. The van der Waals surface area contributed by atoms with Gasteiger partial charge < -0.3 is 5.32 Å². The summed E-state index contributed by atoms with van der Waals surface area (Å²) in [4.78, 5) is 15.1. The van der Waals surface area contributed by atoms with Gasteiger partial charge in [0.25, 0.3) is 0 Å². The Hall–Kier alpha value is -1.22. The Morgan fingerprint density at radius 2 is 2.29 bits per heavy atom. The first-order chi connectivity index (χ1) is 6.60. The minimum absolute atomic E-state index is 0.0447. The Labute approximate surface area is 88.0 Å². The van der Waals surface area contributed by atoms with Crippen LogP contribution in [-0.4, -0.2) is 29.9 Å². The van der Waals surface area contributed by atoms with Gasteiger partial charge in [0, 0.05) is 6.04 Å². The van der Waals surface area contributed by atoms with Crippen LogP contribution in [0.25, 0.3) is 0 Å². The first kappa shape index (κ1) is 12.8. The van der Waals surface area contributed by atoms with Gasteiger partial charge in [-0.05, 0) is 20.1 Å². The smallest absolute Gasteiger partial charge is 0.241 e. The van der Waals surface area contributed by atoms with E-state index in [-0.39, 0.29) is 18.5 Å². The molecule has 0 aliphatic carbocycles. The second-order valence-electron chi connectivity index (χ2n) is 2.78. The average molecular weight is 214 g/mol. The zero-order chi connectivity index (χ0) is 11.0. The second-order valence-corrected chi connectivity index (χ2v) is 3.58. The van der Waals surface area contributed by atoms with Gasteiger partial charge in [0.2, 0.25) is 5.91 Å². The van der Waals surface area contributed by atoms with Crippen LogP contribution in [0.15, 0.2) is 4.99 Å². The van der Waals surface area contributed by atoms with Crippen molar-refractivity contribution in [2.75, 3.05) is 12.8 Å². The molecule has 5 nitrogen and oxygen atoms in total. The lowest BCUT2D eigenvalue weighted by molar-refractivity contribution is -0.120. The number of carbonyl (C=O) groups excluding carboxylic acids is 1. The van der Waals surface area contributed by atoms with Crippen molar-refractivity contribution in [2.24, 2.45) is 4.99 Å². The van der Waals surface area contributed by atoms with Gasteiger partial charge in [0.1, 0.15) is 6.54 Å². The molecular formula is C8H14N4OS. The van der Waals surface area contributed by atoms with Crippen LogP contribution >= 0.6 is 11.8 Å². The van der Waals surface area contributed by atoms with Crippen molar-refractivity contribution in [3.8, 4) is 6.19 Å². The standard InChI is InChI=1S/C8H14N4OS/c1-6(2)12-7(13)4-10-8(14-3)11-5-9/h6H,4H2,1-3H3,(H,10,11)(H,12,13). The predicted octanol–water partition coefficient (Wildman–Crippen LogP) is 0.301. The highest BCUT2D eigenvalue weighted by Gasteiger charge is 2.02. The summed E-state index contributed by atoms with van der Waals surface area (Å²) < 4.78 is 0. The monoisotopic (exact) mass is 214 g/mol. The molecule has 0 radical (unpaired) electrons. The third-order valence-electron chi connectivity index (χ3n) is 1.17. The van der Waals surface area contributed by atoms with Crippen LogP contribution in [0.1, 0.15) is 13.8 Å². The van der Waals surface area contributed by atoms with Gasteiger partial charge in [-0.3, -0.25) is 15.1 Å². The SMILES string of the molecule is CSC(=NCC(=O)NC(C)C)NC#N. The highest BCUT2D eigenvalue weighted by atomic mass is 32.2. The molecular weight excluding hydrogens is 200 g/mol. The topological polar surface area (TPSA) is 77.3 Å². The van der Waals surface area contributed by atoms with Crippen molar-refractivity contribution < 1.29 is 4.79 Å². The zero-order valence-corrected chi connectivity index (χ0v) is 9.31. The normalized spacial score (nSPS) is 10.9. The molecule has 0 fully saturated rings. The van der Waals surface area contributed by atoms with Crippen LogP contribution in [0.5, 0.6) is 0 Å². The molecule has 78 valence electrons. The van der Waals surface area contributed by atoms with E-state index in [0.29, 0.717) is 5.17 Å². The van der Waals surface area contributed by atoms with Crippen molar-refractivity contribution in [3.05, 3.63) is 0 Å². The maximum absolute atomic E-state index is 11.1. The van der Waals surface area contributed by atoms with E-state index in [0.717, 1.165) is 0 Å². The van der Waals surface area contributed by atoms with Crippen LogP contribution in [0, 0.1) is 11.5 Å². The zero-order valence-electron chi connectivity index (χ0n) is 8.50. The Kier molecular flexibility index (Phi) is 6.58. The van der Waals surface area contributed by atoms with Crippen LogP contribution in [0.2, 0.25) is 0 Å². The summed E-state index contributed by atoms with van der Waals surface area (Å²) in [6, 6.07) is 0.111. The minimum atomic E-state index is -0.147. The number of nitrogens with zero attached hydrogens (tertiary/aromatic N) is 2. The number of rotatable bonds is 3. The largest absolute Gasteiger partial charge is 0.352 e. The highest BCUT2D eigenvalue weighted by Crippen LogP contribution is 1.93. The quantitative estimate of drug-likeness (QED) is 0.306. The van der Waals surface area contributed by atoms with E-state index in [1.165, 1.54) is 11.8 Å². The van der Waals surface area contributed by atoms with Crippen molar-refractivity contribution in [2.45, 2.75) is 19.9 Å². The van der Waals surface area contributed by atoms with Gasteiger partial charge in [0.15, 0.2) is 11.4 Å². The minimum Gasteiger partial charge on any atom is -0.352 e. The molecule has 0 bridgehead atoms. The molecule has 6 heteroatoms. The molecule has 0 aromatic heterocycles. The summed E-state index contributed by atoms with van der Waals surface area (Å²) >= 11 is 1.29. The number of amidine groups is 1. The van der Waals surface area contributed by atoms with Crippen LogP contribution < -0.4 is 10.6 Å². The molecule has 0 aliphatic rings. The van der Waals surface area contributed by atoms with E-state index in [9.17, 15) is 4.79 Å². The molecule has 0 aromatic rings. The number of hydrogen-bond donors (Lipinski definition) is 2. The van der Waals surface area contributed by atoms with Crippen molar-refractivity contribution in [3.63, 3.8) is 0 Å². The maximum Gasteiger partial charge on any atom is 0.241 e. The molecule has 0 saturated carbocycles. The van der Waals surface area contributed by atoms with Gasteiger partial charge >= 0.3 is 0 Å². The Morgan fingerprint density at radius 1 is 1.64 bits per heavy atom. The maximum atomic E-state index is 11.1. The van der Waals surface area contributed by atoms with E-state index in [2.05, 4.69) is 15.6 Å². The summed E-state index contributed by atoms with van der Waals surface area (Å²) in [5.41, 5.74) is 0. The van der Waals surface area contributed by atoms with Gasteiger partial charge in [-0.1, -0.05) is 11.8 Å². The number of aliphatic imine (C=N–C) groups is 1. The first-order valence-corrected chi connectivity index (χ1v) is 5.35. The number of carbonyl (C=O) groups is 1. The Morgan fingerprint density at radius 3 is 2.71 bits per heavy atom. The summed E-state index contributed by atoms with van der Waals surface area (Å²) in [6.45, 7) is 3.80. The van der Waals surface area contributed by atoms with E-state index in [1.54, 1.807) is 12.4 Å². The number of thioether (sulfide) groups is 1. The number of nitrogens with one attached hydrogen (secondary N) is 2. The molecule has 1 amide bonds. The molecule has 14 heavy (non-hydrogen) atoms. The van der Waals surface area contributed by atoms with Gasteiger partial charge in [-0.25, -0.2) is 0 Å². The molecule has 0 unspecified atom stereocenters. The summed E-state index contributed by atoms with van der Waals surface area (Å²) in [5, 5.41) is 13.9. The van der Waals surface area contributed by atoms with Crippen LogP contribution in [0.4, 0.5) is 0 Å². The average Bonchev–Trinajstić information content (AvgIpc) is 2.11. The second kappa shape index (κ2) is 7.21. The van der Waals surface area contributed by atoms with E-state index < -0.39 is 0 Å². The molecule has 0 rings (SSSR count). The van der Waals surface area contributed by atoms with E-state index in [4.69, 9.17) is 5.26 Å². The van der Waals surface area contributed by atoms with Crippen molar-refractivity contribution >= 4 is 22.8 Å². The van der Waals surface area contributed by atoms with Crippen molar-refractivity contribution in [1.29, 1.82) is 5.26 Å². The number of hydrogen-bond acceptors (Lipinski definition) is 4. The van der Waals surface area contributed by atoms with E-state index >= 15 is 0 Å². The first-order valence-electron chi connectivity index (χ1n) is 4.13. The lowest BCUT2D eigenvalue weighted by atomic mass is 10.4. The fourth-order valence-corrected chi connectivity index (χ4v) is 1.06. The fourth-order valence-electron chi connectivity index (χ4n) is 0.714. The lowest BCUT2D eigenvalue weighted by Crippen LogP contribution is -2.32. The molecule has 0 aromatic carbocycles. The fraction of sp³-hybridized carbons (Fsp3) is 0.625. The number of nitriles is 1. The van der Waals surface area contributed by atoms with Crippen LogP contribution in [0.3, 0.4) is 0 Å². The van der Waals surface area contributed by atoms with Gasteiger partial charge in [0.05, 0.1) is 0 Å². The molecule has 0 atom stereocenters. The van der Waals surface area contributed by atoms with Gasteiger partial charge in [-0.15, -0.1) is 0 Å². The molecule has 0 saturated heterocycles. The molecule has 0 heterocycles. The van der Waals surface area contributed by atoms with Crippen molar-refractivity contribution in [1.82, 2.24) is 10.6 Å². The summed E-state index contributed by atoms with van der Waals surface area (Å²) in [6.07, 6.45) is 3.53. The molecule has 2 N–H and O–H groups in total. The lowest BCUT2D eigenvalue weighted by Gasteiger charge is -2.06. The summed E-state index contributed by atoms with van der Waals surface area (Å²) in [7, 11) is 0. The third-order valence-corrected chi connectivity index (χ3v) is 1.79. The highest BCUT2D eigenvalue weighted by molar-refractivity contribution is 8.13. The number of amides is 1. The third kappa shape index (κ3) is 6.31. The predicted molar refractivity (Wildman–Crippen MR) is 57.8 cm³/mol.